The molecule has 1 N–H and O–H groups in total. The number of hydrogen-bond acceptors (Lipinski definition) is 7. The molecule has 18 heavy (non-hydrogen) atoms. The van der Waals surface area contributed by atoms with E-state index in [2.05, 4.69) is 34.1 Å². The van der Waals surface area contributed by atoms with Crippen molar-refractivity contribution >= 4 is 5.95 Å². The first-order valence-corrected chi connectivity index (χ1v) is 5.70. The fourth-order valence-corrected chi connectivity index (χ4v) is 1.33. The van der Waals surface area contributed by atoms with Crippen LogP contribution in [-0.4, -0.2) is 48.9 Å². The maximum Gasteiger partial charge on any atom is 0.324 e. The number of ether oxygens (including phenoxy) is 3. The predicted octanol–water partition coefficient (Wildman–Crippen LogP) is 0.972. The van der Waals surface area contributed by atoms with Gasteiger partial charge in [-0.1, -0.05) is 13.8 Å². The highest BCUT2D eigenvalue weighted by molar-refractivity contribution is 5.29. The van der Waals surface area contributed by atoms with E-state index in [1.807, 2.05) is 0 Å². The van der Waals surface area contributed by atoms with Crippen LogP contribution in [0.4, 0.5) is 5.95 Å². The lowest BCUT2D eigenvalue weighted by molar-refractivity contribution is 0.170. The third-order valence-corrected chi connectivity index (χ3v) is 2.42. The second-order valence-electron chi connectivity index (χ2n) is 4.08. The van der Waals surface area contributed by atoms with Crippen molar-refractivity contribution in [1.29, 1.82) is 0 Å². The molecule has 0 saturated carbocycles. The number of aromatic nitrogens is 3. The maximum absolute atomic E-state index is 5.15. The lowest BCUT2D eigenvalue weighted by atomic mass is 10.1. The van der Waals surface area contributed by atoms with Crippen molar-refractivity contribution in [1.82, 2.24) is 15.0 Å². The Bertz CT molecular complexity index is 351. The van der Waals surface area contributed by atoms with E-state index in [1.54, 1.807) is 7.11 Å². The van der Waals surface area contributed by atoms with Gasteiger partial charge in [0.05, 0.1) is 26.9 Å². The van der Waals surface area contributed by atoms with Crippen LogP contribution in [0.5, 0.6) is 12.0 Å². The van der Waals surface area contributed by atoms with Gasteiger partial charge in [0.15, 0.2) is 0 Å². The molecule has 1 rings (SSSR count). The minimum Gasteiger partial charge on any atom is -0.467 e. The summed E-state index contributed by atoms with van der Waals surface area (Å²) in [4.78, 5) is 12.2. The van der Waals surface area contributed by atoms with Gasteiger partial charge in [-0.2, -0.15) is 9.97 Å². The molecule has 7 nitrogen and oxygen atoms in total. The van der Waals surface area contributed by atoms with Crippen LogP contribution in [0, 0.1) is 5.92 Å². The van der Waals surface area contributed by atoms with Gasteiger partial charge in [-0.3, -0.25) is 0 Å². The van der Waals surface area contributed by atoms with Crippen LogP contribution < -0.4 is 14.8 Å². The number of nitrogens with one attached hydrogen (secondary N) is 1. The van der Waals surface area contributed by atoms with Gasteiger partial charge in [0, 0.05) is 7.11 Å². The van der Waals surface area contributed by atoms with Gasteiger partial charge in [-0.15, -0.1) is 4.98 Å². The number of nitrogens with zero attached hydrogens (tertiary/aromatic N) is 3. The summed E-state index contributed by atoms with van der Waals surface area (Å²) in [6.07, 6.45) is 0. The number of hydrogen-bond donors (Lipinski definition) is 1. The maximum atomic E-state index is 5.15. The second-order valence-corrected chi connectivity index (χ2v) is 4.08. The quantitative estimate of drug-likeness (QED) is 0.778. The summed E-state index contributed by atoms with van der Waals surface area (Å²) in [6, 6.07) is 0.528. The molecule has 1 atom stereocenters. The molecule has 0 radical (unpaired) electrons. The van der Waals surface area contributed by atoms with E-state index in [0.29, 0.717) is 18.5 Å². The van der Waals surface area contributed by atoms with Crippen molar-refractivity contribution < 1.29 is 14.2 Å². The molecule has 102 valence electrons. The fraction of sp³-hybridized carbons (Fsp3) is 0.727. The van der Waals surface area contributed by atoms with E-state index in [1.165, 1.54) is 14.2 Å². The summed E-state index contributed by atoms with van der Waals surface area (Å²) < 4.78 is 15.1. The fourth-order valence-electron chi connectivity index (χ4n) is 1.33. The van der Waals surface area contributed by atoms with Gasteiger partial charge >= 0.3 is 12.0 Å². The summed E-state index contributed by atoms with van der Waals surface area (Å²) in [7, 11) is 4.65. The average Bonchev–Trinajstić information content (AvgIpc) is 2.37. The van der Waals surface area contributed by atoms with Gasteiger partial charge in [0.25, 0.3) is 0 Å². The van der Waals surface area contributed by atoms with E-state index >= 15 is 0 Å². The second kappa shape index (κ2) is 6.95. The highest BCUT2D eigenvalue weighted by atomic mass is 16.5. The lowest BCUT2D eigenvalue weighted by Crippen LogP contribution is -2.31. The number of rotatable bonds is 7. The Balaban J connectivity index is 2.87. The minimum absolute atomic E-state index is 0.104. The van der Waals surface area contributed by atoms with Gasteiger partial charge in [0.2, 0.25) is 5.95 Å². The van der Waals surface area contributed by atoms with Gasteiger partial charge < -0.3 is 19.5 Å². The molecule has 0 aromatic carbocycles. The van der Waals surface area contributed by atoms with E-state index in [9.17, 15) is 0 Å². The van der Waals surface area contributed by atoms with Crippen molar-refractivity contribution in [2.24, 2.45) is 5.92 Å². The Kier molecular flexibility index (Phi) is 5.57. The molecule has 1 aromatic heterocycles. The molecule has 0 saturated heterocycles. The molecule has 7 heteroatoms. The zero-order chi connectivity index (χ0) is 13.5. The van der Waals surface area contributed by atoms with Crippen LogP contribution in [-0.2, 0) is 4.74 Å². The van der Waals surface area contributed by atoms with Crippen LogP contribution in [0.2, 0.25) is 0 Å². The first-order chi connectivity index (χ1) is 8.60. The first-order valence-electron chi connectivity index (χ1n) is 5.70. The molecule has 0 aliphatic rings. The molecule has 0 aliphatic carbocycles. The SMILES string of the molecule is COCC(Nc1nc(OC)nc(OC)n1)C(C)C. The van der Waals surface area contributed by atoms with E-state index in [0.717, 1.165) is 0 Å². The van der Waals surface area contributed by atoms with Crippen LogP contribution in [0.1, 0.15) is 13.8 Å². The highest BCUT2D eigenvalue weighted by Crippen LogP contribution is 2.15. The summed E-state index contributed by atoms with van der Waals surface area (Å²) in [5, 5.41) is 3.18. The molecule has 1 aromatic rings. The van der Waals surface area contributed by atoms with Crippen LogP contribution in [0.15, 0.2) is 0 Å². The van der Waals surface area contributed by atoms with Gasteiger partial charge in [-0.05, 0) is 5.92 Å². The molecule has 0 spiro atoms. The standard InChI is InChI=1S/C11H20N4O3/c1-7(2)8(6-16-3)12-9-13-10(17-4)15-11(14-9)18-5/h7-8H,6H2,1-5H3,(H,12,13,14,15). The number of anilines is 1. The van der Waals surface area contributed by atoms with Crippen LogP contribution in [0.25, 0.3) is 0 Å². The molecule has 0 fully saturated rings. The molecule has 0 bridgehead atoms. The molecule has 0 amide bonds. The highest BCUT2D eigenvalue weighted by Gasteiger charge is 2.16. The lowest BCUT2D eigenvalue weighted by Gasteiger charge is -2.21. The average molecular weight is 256 g/mol. The smallest absolute Gasteiger partial charge is 0.324 e. The first kappa shape index (κ1) is 14.4. The molecular formula is C11H20N4O3. The van der Waals surface area contributed by atoms with Crippen molar-refractivity contribution in [3.05, 3.63) is 0 Å². The predicted molar refractivity (Wildman–Crippen MR) is 67.1 cm³/mol. The monoisotopic (exact) mass is 256 g/mol. The Morgan fingerprint density at radius 1 is 1.00 bits per heavy atom. The van der Waals surface area contributed by atoms with E-state index in [4.69, 9.17) is 14.2 Å². The summed E-state index contributed by atoms with van der Waals surface area (Å²) >= 11 is 0. The molecular weight excluding hydrogens is 236 g/mol. The summed E-state index contributed by atoms with van der Waals surface area (Å²) in [5.41, 5.74) is 0. The van der Waals surface area contributed by atoms with Gasteiger partial charge in [0.1, 0.15) is 0 Å². The van der Waals surface area contributed by atoms with Crippen molar-refractivity contribution in [3.63, 3.8) is 0 Å². The van der Waals surface area contributed by atoms with Gasteiger partial charge in [-0.25, -0.2) is 0 Å². The third kappa shape index (κ3) is 3.99. The zero-order valence-electron chi connectivity index (χ0n) is 11.4. The minimum atomic E-state index is 0.104. The summed E-state index contributed by atoms with van der Waals surface area (Å²) in [5.74, 6) is 0.785. The Hall–Kier alpha value is -1.63. The van der Waals surface area contributed by atoms with Crippen molar-refractivity contribution in [3.8, 4) is 12.0 Å². The molecule has 1 unspecified atom stereocenters. The van der Waals surface area contributed by atoms with Crippen LogP contribution in [0.3, 0.4) is 0 Å². The topological polar surface area (TPSA) is 78.4 Å². The normalized spacial score (nSPS) is 12.3. The Labute approximate surface area is 107 Å². The van der Waals surface area contributed by atoms with E-state index < -0.39 is 0 Å². The summed E-state index contributed by atoms with van der Waals surface area (Å²) in [6.45, 7) is 4.74. The van der Waals surface area contributed by atoms with Crippen molar-refractivity contribution in [2.75, 3.05) is 33.3 Å². The molecule has 0 aliphatic heterocycles. The Morgan fingerprint density at radius 2 is 1.56 bits per heavy atom. The molecule has 1 heterocycles. The largest absolute Gasteiger partial charge is 0.467 e. The number of methoxy groups -OCH3 is 3. The van der Waals surface area contributed by atoms with Crippen molar-refractivity contribution in [2.45, 2.75) is 19.9 Å². The zero-order valence-corrected chi connectivity index (χ0v) is 11.4. The van der Waals surface area contributed by atoms with Crippen LogP contribution >= 0.6 is 0 Å². The van der Waals surface area contributed by atoms with E-state index in [-0.39, 0.29) is 18.1 Å². The third-order valence-electron chi connectivity index (χ3n) is 2.42. The Morgan fingerprint density at radius 3 is 1.94 bits per heavy atom.